The first-order chi connectivity index (χ1) is 9.08. The van der Waals surface area contributed by atoms with Crippen molar-refractivity contribution < 1.29 is 19.4 Å². The fourth-order valence-electron chi connectivity index (χ4n) is 2.40. The van der Waals surface area contributed by atoms with Gasteiger partial charge in [0.25, 0.3) is 0 Å². The summed E-state index contributed by atoms with van der Waals surface area (Å²) < 4.78 is 5.60. The Morgan fingerprint density at radius 3 is 2.79 bits per heavy atom. The van der Waals surface area contributed by atoms with E-state index in [-0.39, 0.29) is 25.0 Å². The molecule has 0 aliphatic heterocycles. The fourth-order valence-corrected chi connectivity index (χ4v) is 2.40. The Morgan fingerprint density at radius 1 is 1.32 bits per heavy atom. The van der Waals surface area contributed by atoms with Gasteiger partial charge >= 0.3 is 5.97 Å². The van der Waals surface area contributed by atoms with Gasteiger partial charge in [0.1, 0.15) is 6.61 Å². The monoisotopic (exact) mass is 271 g/mol. The summed E-state index contributed by atoms with van der Waals surface area (Å²) in [4.78, 5) is 21.8. The standard InChI is InChI=1S/C14H25NO4/c1-11-5-4-6-12(9-11)19-10-13(16)15-8-3-2-7-14(17)18/h11-12H,2-10H2,1H3,(H,15,16)(H,17,18)/t11-,12+/m0/s1. The molecule has 1 rings (SSSR count). The van der Waals surface area contributed by atoms with Crippen molar-refractivity contribution in [1.29, 1.82) is 0 Å². The van der Waals surface area contributed by atoms with Crippen LogP contribution in [0.25, 0.3) is 0 Å². The highest BCUT2D eigenvalue weighted by Gasteiger charge is 2.19. The minimum Gasteiger partial charge on any atom is -0.481 e. The predicted molar refractivity (Wildman–Crippen MR) is 71.9 cm³/mol. The van der Waals surface area contributed by atoms with E-state index in [1.165, 1.54) is 12.8 Å². The lowest BCUT2D eigenvalue weighted by molar-refractivity contribution is -0.137. The third-order valence-electron chi connectivity index (χ3n) is 3.48. The van der Waals surface area contributed by atoms with E-state index in [1.807, 2.05) is 0 Å². The summed E-state index contributed by atoms with van der Waals surface area (Å²) in [6.07, 6.45) is 6.21. The molecule has 0 spiro atoms. The van der Waals surface area contributed by atoms with Gasteiger partial charge in [-0.2, -0.15) is 0 Å². The van der Waals surface area contributed by atoms with E-state index in [1.54, 1.807) is 0 Å². The van der Waals surface area contributed by atoms with Crippen LogP contribution >= 0.6 is 0 Å². The number of amides is 1. The number of rotatable bonds is 8. The summed E-state index contributed by atoms with van der Waals surface area (Å²) in [5, 5.41) is 11.2. The Labute approximate surface area is 114 Å². The van der Waals surface area contributed by atoms with E-state index >= 15 is 0 Å². The van der Waals surface area contributed by atoms with Crippen LogP contribution in [0, 0.1) is 5.92 Å². The second kappa shape index (κ2) is 8.91. The van der Waals surface area contributed by atoms with Crippen molar-refractivity contribution in [1.82, 2.24) is 5.32 Å². The predicted octanol–water partition coefficient (Wildman–Crippen LogP) is 1.95. The zero-order valence-corrected chi connectivity index (χ0v) is 11.7. The average molecular weight is 271 g/mol. The molecule has 1 amide bonds. The number of nitrogens with one attached hydrogen (secondary N) is 1. The van der Waals surface area contributed by atoms with E-state index in [2.05, 4.69) is 12.2 Å². The maximum absolute atomic E-state index is 11.5. The van der Waals surface area contributed by atoms with Crippen LogP contribution in [0.5, 0.6) is 0 Å². The molecule has 0 aromatic carbocycles. The summed E-state index contributed by atoms with van der Waals surface area (Å²) in [6.45, 7) is 2.87. The maximum Gasteiger partial charge on any atom is 0.303 e. The largest absolute Gasteiger partial charge is 0.481 e. The Morgan fingerprint density at radius 2 is 2.11 bits per heavy atom. The van der Waals surface area contributed by atoms with E-state index in [4.69, 9.17) is 9.84 Å². The van der Waals surface area contributed by atoms with Crippen molar-refractivity contribution in [2.45, 2.75) is 58.0 Å². The van der Waals surface area contributed by atoms with Crippen LogP contribution in [-0.2, 0) is 14.3 Å². The smallest absolute Gasteiger partial charge is 0.303 e. The van der Waals surface area contributed by atoms with E-state index in [0.717, 1.165) is 12.8 Å². The number of carboxylic acids is 1. The van der Waals surface area contributed by atoms with Crippen LogP contribution in [0.2, 0.25) is 0 Å². The third kappa shape index (κ3) is 7.82. The maximum atomic E-state index is 11.5. The number of carboxylic acid groups (broad SMARTS) is 1. The van der Waals surface area contributed by atoms with Crippen LogP contribution in [0.1, 0.15) is 51.9 Å². The lowest BCUT2D eigenvalue weighted by Gasteiger charge is -2.26. The molecule has 2 N–H and O–H groups in total. The molecular formula is C14H25NO4. The Balaban J connectivity index is 2.00. The SMILES string of the molecule is C[C@H]1CCC[C@@H](OCC(=O)NCCCCC(=O)O)C1. The van der Waals surface area contributed by atoms with Crippen LogP contribution < -0.4 is 5.32 Å². The first-order valence-electron chi connectivity index (χ1n) is 7.18. The highest BCUT2D eigenvalue weighted by Crippen LogP contribution is 2.25. The second-order valence-corrected chi connectivity index (χ2v) is 5.41. The molecule has 1 aliphatic rings. The number of hydrogen-bond acceptors (Lipinski definition) is 3. The lowest BCUT2D eigenvalue weighted by Crippen LogP contribution is -2.32. The number of aliphatic carboxylic acids is 1. The van der Waals surface area contributed by atoms with Gasteiger partial charge in [-0.25, -0.2) is 0 Å². The van der Waals surface area contributed by atoms with Gasteiger partial charge in [-0.1, -0.05) is 19.8 Å². The first kappa shape index (κ1) is 16.0. The molecule has 0 bridgehead atoms. The topological polar surface area (TPSA) is 75.6 Å². The molecule has 1 fully saturated rings. The summed E-state index contributed by atoms with van der Waals surface area (Å²) in [7, 11) is 0. The molecule has 0 heterocycles. The highest BCUT2D eigenvalue weighted by atomic mass is 16.5. The normalized spacial score (nSPS) is 23.0. The minimum atomic E-state index is -0.791. The van der Waals surface area contributed by atoms with Crippen molar-refractivity contribution >= 4 is 11.9 Å². The number of carbonyl (C=O) groups is 2. The van der Waals surface area contributed by atoms with Crippen molar-refractivity contribution in [2.24, 2.45) is 5.92 Å². The molecule has 0 unspecified atom stereocenters. The zero-order chi connectivity index (χ0) is 14.1. The van der Waals surface area contributed by atoms with Gasteiger partial charge < -0.3 is 15.2 Å². The molecule has 110 valence electrons. The first-order valence-corrected chi connectivity index (χ1v) is 7.18. The molecule has 1 aliphatic carbocycles. The highest BCUT2D eigenvalue weighted by molar-refractivity contribution is 5.77. The average Bonchev–Trinajstić information content (AvgIpc) is 2.35. The molecule has 0 aromatic heterocycles. The van der Waals surface area contributed by atoms with Gasteiger partial charge in [0.2, 0.25) is 5.91 Å². The van der Waals surface area contributed by atoms with Crippen LogP contribution in [0.4, 0.5) is 0 Å². The number of hydrogen-bond donors (Lipinski definition) is 2. The third-order valence-corrected chi connectivity index (χ3v) is 3.48. The van der Waals surface area contributed by atoms with Gasteiger partial charge in [-0.05, 0) is 31.6 Å². The van der Waals surface area contributed by atoms with Gasteiger partial charge in [0, 0.05) is 13.0 Å². The molecule has 19 heavy (non-hydrogen) atoms. The van der Waals surface area contributed by atoms with E-state index in [0.29, 0.717) is 25.3 Å². The van der Waals surface area contributed by atoms with Gasteiger partial charge in [0.05, 0.1) is 6.10 Å². The number of ether oxygens (including phenoxy) is 1. The second-order valence-electron chi connectivity index (χ2n) is 5.41. The molecule has 1 saturated carbocycles. The molecule has 5 heteroatoms. The quantitative estimate of drug-likeness (QED) is 0.662. The minimum absolute atomic E-state index is 0.103. The van der Waals surface area contributed by atoms with Crippen molar-refractivity contribution in [2.75, 3.05) is 13.2 Å². The van der Waals surface area contributed by atoms with E-state index < -0.39 is 5.97 Å². The lowest BCUT2D eigenvalue weighted by atomic mass is 9.89. The Kier molecular flexibility index (Phi) is 7.48. The Bertz CT molecular complexity index is 293. The summed E-state index contributed by atoms with van der Waals surface area (Å²) in [5.41, 5.74) is 0. The fraction of sp³-hybridized carbons (Fsp3) is 0.857. The molecular weight excluding hydrogens is 246 g/mol. The van der Waals surface area contributed by atoms with Crippen LogP contribution in [-0.4, -0.2) is 36.2 Å². The van der Waals surface area contributed by atoms with Crippen molar-refractivity contribution in [3.63, 3.8) is 0 Å². The number of carbonyl (C=O) groups excluding carboxylic acids is 1. The molecule has 0 radical (unpaired) electrons. The summed E-state index contributed by atoms with van der Waals surface area (Å²) in [6, 6.07) is 0. The van der Waals surface area contributed by atoms with Gasteiger partial charge in [-0.3, -0.25) is 9.59 Å². The van der Waals surface area contributed by atoms with Crippen LogP contribution in [0.3, 0.4) is 0 Å². The van der Waals surface area contributed by atoms with Crippen molar-refractivity contribution in [3.8, 4) is 0 Å². The van der Waals surface area contributed by atoms with Gasteiger partial charge in [0.15, 0.2) is 0 Å². The Hall–Kier alpha value is -1.10. The van der Waals surface area contributed by atoms with E-state index in [9.17, 15) is 9.59 Å². The summed E-state index contributed by atoms with van der Waals surface area (Å²) >= 11 is 0. The molecule has 5 nitrogen and oxygen atoms in total. The van der Waals surface area contributed by atoms with Gasteiger partial charge in [-0.15, -0.1) is 0 Å². The summed E-state index contributed by atoms with van der Waals surface area (Å²) in [5.74, 6) is -0.201. The van der Waals surface area contributed by atoms with Crippen LogP contribution in [0.15, 0.2) is 0 Å². The zero-order valence-electron chi connectivity index (χ0n) is 11.7. The molecule has 0 aromatic rings. The number of unbranched alkanes of at least 4 members (excludes halogenated alkanes) is 1. The molecule has 2 atom stereocenters. The van der Waals surface area contributed by atoms with Crippen molar-refractivity contribution in [3.05, 3.63) is 0 Å². The molecule has 0 saturated heterocycles.